The highest BCUT2D eigenvalue weighted by atomic mass is 32.1. The summed E-state index contributed by atoms with van der Waals surface area (Å²) in [5, 5.41) is 3.56. The molecular formula is C26H30N2O3S. The Bertz CT molecular complexity index is 1100. The van der Waals surface area contributed by atoms with Crippen molar-refractivity contribution in [2.24, 2.45) is 5.92 Å². The number of anilines is 1. The molecule has 6 heteroatoms. The van der Waals surface area contributed by atoms with Crippen LogP contribution < -0.4 is 10.1 Å². The van der Waals surface area contributed by atoms with E-state index in [-0.39, 0.29) is 19.4 Å². The number of nitrogens with zero attached hydrogens (tertiary/aromatic N) is 1. The average Bonchev–Trinajstić information content (AvgIpc) is 3.44. The summed E-state index contributed by atoms with van der Waals surface area (Å²) in [6, 6.07) is 17.7. The van der Waals surface area contributed by atoms with Crippen LogP contribution in [0.3, 0.4) is 0 Å². The van der Waals surface area contributed by atoms with Crippen molar-refractivity contribution < 1.29 is 15.7 Å². The van der Waals surface area contributed by atoms with Gasteiger partial charge in [-0.2, -0.15) is 0 Å². The van der Waals surface area contributed by atoms with Crippen LogP contribution in [-0.2, 0) is 28.2 Å². The van der Waals surface area contributed by atoms with E-state index < -0.39 is 0 Å². The molecule has 2 aliphatic carbocycles. The molecule has 1 fully saturated rings. The number of fused-ring (bicyclic) bond motifs is 3. The summed E-state index contributed by atoms with van der Waals surface area (Å²) in [7, 11) is 1.73. The van der Waals surface area contributed by atoms with E-state index in [1.807, 2.05) is 68.4 Å². The number of thiazole rings is 1. The van der Waals surface area contributed by atoms with Crippen molar-refractivity contribution in [3.05, 3.63) is 82.4 Å². The molecule has 2 aromatic carbocycles. The third-order valence-corrected chi connectivity index (χ3v) is 6.58. The van der Waals surface area contributed by atoms with Gasteiger partial charge in [0, 0.05) is 14.5 Å². The number of methoxy groups -OCH3 is 1. The number of carbonyl (C=O) groups is 1. The van der Waals surface area contributed by atoms with Crippen molar-refractivity contribution >= 4 is 28.5 Å². The van der Waals surface area contributed by atoms with Gasteiger partial charge >= 0.3 is 0 Å². The Kier molecular flexibility index (Phi) is 6.72. The van der Waals surface area contributed by atoms with E-state index in [9.17, 15) is 4.79 Å². The molecule has 0 spiro atoms. The minimum absolute atomic E-state index is 0. The van der Waals surface area contributed by atoms with Crippen LogP contribution in [0.15, 0.2) is 60.7 Å². The predicted octanol–water partition coefficient (Wildman–Crippen LogP) is 6.06. The average molecular weight is 451 g/mol. The molecule has 32 heavy (non-hydrogen) atoms. The van der Waals surface area contributed by atoms with Gasteiger partial charge in [-0.25, -0.2) is 4.98 Å². The van der Waals surface area contributed by atoms with Gasteiger partial charge in [-0.15, -0.1) is 0 Å². The Labute approximate surface area is 194 Å². The number of hydrogen-bond acceptors (Lipinski definition) is 5. The summed E-state index contributed by atoms with van der Waals surface area (Å²) >= 11 is 1.50. The highest BCUT2D eigenvalue weighted by molar-refractivity contribution is 7.16. The molecule has 0 radical (unpaired) electrons. The first-order valence-electron chi connectivity index (χ1n) is 11.0. The molecule has 1 heterocycles. The van der Waals surface area contributed by atoms with Gasteiger partial charge < -0.3 is 14.8 Å². The van der Waals surface area contributed by atoms with E-state index in [0.29, 0.717) is 17.7 Å². The Morgan fingerprint density at radius 2 is 1.91 bits per heavy atom. The van der Waals surface area contributed by atoms with Gasteiger partial charge in [-0.1, -0.05) is 73.7 Å². The molecular weight excluding hydrogens is 420 g/mol. The van der Waals surface area contributed by atoms with E-state index in [2.05, 4.69) is 22.5 Å². The zero-order valence-electron chi connectivity index (χ0n) is 18.6. The van der Waals surface area contributed by atoms with Crippen LogP contribution >= 0.6 is 11.3 Å². The molecule has 1 amide bonds. The number of aromatic nitrogens is 1. The second-order valence-corrected chi connectivity index (χ2v) is 8.67. The molecule has 1 aromatic heterocycles. The first-order valence-corrected chi connectivity index (χ1v) is 11.8. The lowest BCUT2D eigenvalue weighted by molar-refractivity contribution is -0.115. The van der Waals surface area contributed by atoms with Crippen molar-refractivity contribution in [3.63, 3.8) is 0 Å². The molecule has 0 saturated heterocycles. The third kappa shape index (κ3) is 4.61. The fourth-order valence-electron chi connectivity index (χ4n) is 3.89. The van der Waals surface area contributed by atoms with E-state index in [4.69, 9.17) is 9.47 Å². The van der Waals surface area contributed by atoms with Gasteiger partial charge in [0.2, 0.25) is 5.91 Å². The topological polar surface area (TPSA) is 60.5 Å². The maximum absolute atomic E-state index is 12.5. The molecule has 2 atom stereocenters. The van der Waals surface area contributed by atoms with Gasteiger partial charge in [0.15, 0.2) is 5.13 Å². The van der Waals surface area contributed by atoms with Crippen LogP contribution in [0.2, 0.25) is 0 Å². The predicted molar refractivity (Wildman–Crippen MR) is 131 cm³/mol. The molecule has 3 aromatic rings. The second-order valence-electron chi connectivity index (χ2n) is 7.64. The maximum atomic E-state index is 12.5. The Morgan fingerprint density at radius 3 is 2.62 bits per heavy atom. The molecule has 2 unspecified atom stereocenters. The molecule has 5 nitrogen and oxygen atoms in total. The van der Waals surface area contributed by atoms with Crippen molar-refractivity contribution in [2.45, 2.75) is 38.9 Å². The summed E-state index contributed by atoms with van der Waals surface area (Å²) in [4.78, 5) is 18.2. The van der Waals surface area contributed by atoms with Crippen molar-refractivity contribution in [1.82, 2.24) is 4.98 Å². The van der Waals surface area contributed by atoms with Gasteiger partial charge in [0.25, 0.3) is 0 Å². The Morgan fingerprint density at radius 1 is 1.16 bits per heavy atom. The van der Waals surface area contributed by atoms with Gasteiger partial charge in [0.05, 0.1) is 17.0 Å². The van der Waals surface area contributed by atoms with Gasteiger partial charge in [-0.3, -0.25) is 4.79 Å². The molecule has 2 aliphatic rings. The monoisotopic (exact) mass is 450 g/mol. The van der Waals surface area contributed by atoms with Crippen LogP contribution in [0.4, 0.5) is 5.13 Å². The second kappa shape index (κ2) is 9.67. The fourth-order valence-corrected chi connectivity index (χ4v) is 4.87. The largest absolute Gasteiger partial charge is 0.489 e. The lowest BCUT2D eigenvalue weighted by atomic mass is 10.1. The fraction of sp³-hybridized carbons (Fsp3) is 0.308. The maximum Gasteiger partial charge on any atom is 0.230 e. The summed E-state index contributed by atoms with van der Waals surface area (Å²) in [6.45, 7) is 4.52. The lowest BCUT2D eigenvalue weighted by Crippen LogP contribution is -2.17. The van der Waals surface area contributed by atoms with Crippen molar-refractivity contribution in [3.8, 4) is 5.75 Å². The van der Waals surface area contributed by atoms with E-state index in [1.165, 1.54) is 11.3 Å². The smallest absolute Gasteiger partial charge is 0.230 e. The third-order valence-electron chi connectivity index (χ3n) is 5.64. The highest BCUT2D eigenvalue weighted by Gasteiger charge is 2.59. The summed E-state index contributed by atoms with van der Waals surface area (Å²) < 4.78 is 11.5. The van der Waals surface area contributed by atoms with E-state index in [1.54, 1.807) is 7.11 Å². The number of carbonyl (C=O) groups excluding carboxylic acids is 1. The summed E-state index contributed by atoms with van der Waals surface area (Å²) in [5.41, 5.74) is 2.72. The van der Waals surface area contributed by atoms with Gasteiger partial charge in [-0.05, 0) is 35.8 Å². The van der Waals surface area contributed by atoms with Crippen LogP contribution in [0.1, 0.15) is 43.4 Å². The SMILES string of the molecule is CC.COC12CC1C=Cc1sc(NC(=O)Cc3ccc(OCc4ccccc4)cc3)nc12.[HH]. The first-order chi connectivity index (χ1) is 15.7. The normalized spacial score (nSPS) is 19.8. The molecule has 1 N–H and O–H groups in total. The van der Waals surface area contributed by atoms with Gasteiger partial charge in [0.1, 0.15) is 18.0 Å². The molecule has 0 bridgehead atoms. The Hall–Kier alpha value is -2.96. The van der Waals surface area contributed by atoms with Crippen LogP contribution in [0.5, 0.6) is 5.75 Å². The molecule has 5 rings (SSSR count). The number of nitrogens with one attached hydrogen (secondary N) is 1. The first kappa shape index (κ1) is 22.2. The standard InChI is InChI=1S/C24H22N2O3S.C2H6.H2/c1-28-24-14-18(24)9-12-20-22(24)26-23(30-20)25-21(27)13-16-7-10-19(11-8-16)29-15-17-5-3-2-4-6-17;1-2;/h2-12,18H,13-15H2,1H3,(H,25,26,27);1-2H3;1H. The minimum atomic E-state index is -0.279. The number of ether oxygens (including phenoxy) is 2. The summed E-state index contributed by atoms with van der Waals surface area (Å²) in [6.07, 6.45) is 5.52. The number of hydrogen-bond donors (Lipinski definition) is 1. The number of rotatable bonds is 7. The minimum Gasteiger partial charge on any atom is -0.489 e. The highest BCUT2D eigenvalue weighted by Crippen LogP contribution is 2.59. The quantitative estimate of drug-likeness (QED) is 0.475. The zero-order valence-corrected chi connectivity index (χ0v) is 19.4. The molecule has 168 valence electrons. The number of benzene rings is 2. The summed E-state index contributed by atoms with van der Waals surface area (Å²) in [5.74, 6) is 1.11. The number of amides is 1. The lowest BCUT2D eigenvalue weighted by Gasteiger charge is -2.15. The molecule has 0 aliphatic heterocycles. The van der Waals surface area contributed by atoms with Crippen LogP contribution in [0, 0.1) is 5.92 Å². The van der Waals surface area contributed by atoms with Crippen molar-refractivity contribution in [1.29, 1.82) is 0 Å². The van der Waals surface area contributed by atoms with E-state index >= 15 is 0 Å². The Balaban J connectivity index is 0.000000994. The molecule has 1 saturated carbocycles. The van der Waals surface area contributed by atoms with Crippen LogP contribution in [-0.4, -0.2) is 18.0 Å². The van der Waals surface area contributed by atoms with E-state index in [0.717, 1.165) is 33.9 Å². The van der Waals surface area contributed by atoms with Crippen molar-refractivity contribution in [2.75, 3.05) is 12.4 Å². The zero-order chi connectivity index (χ0) is 22.6. The van der Waals surface area contributed by atoms with Crippen LogP contribution in [0.25, 0.3) is 6.08 Å².